The molecule has 1 aliphatic heterocycles. The average Bonchev–Trinajstić information content (AvgIpc) is 2.87. The highest BCUT2D eigenvalue weighted by Gasteiger charge is 2.22. The van der Waals surface area contributed by atoms with Crippen LogP contribution in [0.4, 0.5) is 4.79 Å². The molecule has 1 saturated heterocycles. The highest BCUT2D eigenvalue weighted by atomic mass is 16.7. The lowest BCUT2D eigenvalue weighted by atomic mass is 10.5. The molecule has 12 heavy (non-hydrogen) atoms. The molecular formula is C7H12O5. The highest BCUT2D eigenvalue weighted by molar-refractivity contribution is 5.59. The van der Waals surface area contributed by atoms with Gasteiger partial charge in [0.2, 0.25) is 0 Å². The van der Waals surface area contributed by atoms with Crippen LogP contribution >= 0.6 is 0 Å². The second-order valence-corrected chi connectivity index (χ2v) is 2.33. The van der Waals surface area contributed by atoms with Gasteiger partial charge in [0.05, 0.1) is 26.9 Å². The second-order valence-electron chi connectivity index (χ2n) is 2.33. The predicted octanol–water partition coefficient (Wildman–Crippen LogP) is 0.185. The number of carbonyl (C=O) groups excluding carboxylic acids is 1. The van der Waals surface area contributed by atoms with Crippen LogP contribution < -0.4 is 0 Å². The van der Waals surface area contributed by atoms with Gasteiger partial charge in [-0.2, -0.15) is 0 Å². The van der Waals surface area contributed by atoms with E-state index < -0.39 is 6.16 Å². The van der Waals surface area contributed by atoms with Crippen LogP contribution in [0, 0.1) is 0 Å². The van der Waals surface area contributed by atoms with Gasteiger partial charge in [-0.25, -0.2) is 4.79 Å². The topological polar surface area (TPSA) is 57.3 Å². The molecule has 5 heteroatoms. The van der Waals surface area contributed by atoms with Crippen molar-refractivity contribution in [3.63, 3.8) is 0 Å². The van der Waals surface area contributed by atoms with E-state index in [-0.39, 0.29) is 12.7 Å². The van der Waals surface area contributed by atoms with E-state index in [4.69, 9.17) is 9.47 Å². The summed E-state index contributed by atoms with van der Waals surface area (Å²) >= 11 is 0. The normalized spacial score (nSPS) is 20.2. The Morgan fingerprint density at radius 2 is 2.33 bits per heavy atom. The van der Waals surface area contributed by atoms with Gasteiger partial charge in [0.15, 0.2) is 0 Å². The molecule has 0 aromatic rings. The maximum Gasteiger partial charge on any atom is 0.508 e. The fourth-order valence-electron chi connectivity index (χ4n) is 0.622. The van der Waals surface area contributed by atoms with Gasteiger partial charge in [0.1, 0.15) is 12.7 Å². The zero-order valence-corrected chi connectivity index (χ0v) is 6.95. The first kappa shape index (κ1) is 9.28. The van der Waals surface area contributed by atoms with Gasteiger partial charge < -0.3 is 18.9 Å². The summed E-state index contributed by atoms with van der Waals surface area (Å²) in [5.74, 6) is 0. The maximum absolute atomic E-state index is 10.4. The minimum atomic E-state index is -0.679. The molecule has 5 nitrogen and oxygen atoms in total. The zero-order chi connectivity index (χ0) is 8.81. The number of hydrogen-bond donors (Lipinski definition) is 0. The lowest BCUT2D eigenvalue weighted by Gasteiger charge is -2.02. The number of methoxy groups -OCH3 is 1. The molecule has 1 atom stereocenters. The Morgan fingerprint density at radius 1 is 1.58 bits per heavy atom. The summed E-state index contributed by atoms with van der Waals surface area (Å²) in [5.41, 5.74) is 0. The first-order valence-corrected chi connectivity index (χ1v) is 3.73. The summed E-state index contributed by atoms with van der Waals surface area (Å²) < 4.78 is 18.8. The van der Waals surface area contributed by atoms with Crippen molar-refractivity contribution in [2.75, 3.05) is 33.5 Å². The zero-order valence-electron chi connectivity index (χ0n) is 6.95. The molecule has 0 aromatic heterocycles. The molecule has 0 spiro atoms. The summed E-state index contributed by atoms with van der Waals surface area (Å²) in [6, 6.07) is 0. The molecule has 1 rings (SSSR count). The SMILES string of the molecule is COC(=O)OCCOCC1CO1. The number of carbonyl (C=O) groups is 1. The lowest BCUT2D eigenvalue weighted by Crippen LogP contribution is -2.12. The Balaban J connectivity index is 1.78. The van der Waals surface area contributed by atoms with Crippen LogP contribution in [0.5, 0.6) is 0 Å². The van der Waals surface area contributed by atoms with Crippen molar-refractivity contribution in [2.24, 2.45) is 0 Å². The maximum atomic E-state index is 10.4. The molecule has 0 aromatic carbocycles. The third kappa shape index (κ3) is 4.15. The number of epoxide rings is 1. The van der Waals surface area contributed by atoms with Crippen LogP contribution in [0.3, 0.4) is 0 Å². The fraction of sp³-hybridized carbons (Fsp3) is 0.857. The van der Waals surface area contributed by atoms with E-state index in [0.717, 1.165) is 6.61 Å². The molecule has 0 radical (unpaired) electrons. The smallest absolute Gasteiger partial charge is 0.438 e. The highest BCUT2D eigenvalue weighted by Crippen LogP contribution is 2.07. The fourth-order valence-corrected chi connectivity index (χ4v) is 0.622. The Bertz CT molecular complexity index is 143. The van der Waals surface area contributed by atoms with Crippen molar-refractivity contribution in [3.05, 3.63) is 0 Å². The van der Waals surface area contributed by atoms with Crippen molar-refractivity contribution in [1.82, 2.24) is 0 Å². The van der Waals surface area contributed by atoms with E-state index in [1.807, 2.05) is 0 Å². The molecule has 0 N–H and O–H groups in total. The number of rotatable bonds is 5. The van der Waals surface area contributed by atoms with Crippen molar-refractivity contribution in [3.8, 4) is 0 Å². The van der Waals surface area contributed by atoms with Gasteiger partial charge in [-0.3, -0.25) is 0 Å². The molecular weight excluding hydrogens is 164 g/mol. The number of hydrogen-bond acceptors (Lipinski definition) is 5. The van der Waals surface area contributed by atoms with Crippen molar-refractivity contribution in [2.45, 2.75) is 6.10 Å². The first-order chi connectivity index (χ1) is 5.83. The van der Waals surface area contributed by atoms with Crippen molar-refractivity contribution in [1.29, 1.82) is 0 Å². The van der Waals surface area contributed by atoms with Gasteiger partial charge in [0, 0.05) is 0 Å². The molecule has 0 amide bonds. The minimum absolute atomic E-state index is 0.222. The van der Waals surface area contributed by atoms with E-state index in [1.54, 1.807) is 0 Å². The Kier molecular flexibility index (Phi) is 3.83. The molecule has 0 aliphatic carbocycles. The standard InChI is InChI=1S/C7H12O5/c1-9-7(8)11-3-2-10-4-6-5-12-6/h6H,2-5H2,1H3. The summed E-state index contributed by atoms with van der Waals surface area (Å²) in [5, 5.41) is 0. The third-order valence-corrected chi connectivity index (χ3v) is 1.32. The molecule has 1 unspecified atom stereocenters. The van der Waals surface area contributed by atoms with Gasteiger partial charge in [-0.1, -0.05) is 0 Å². The molecule has 1 fully saturated rings. The first-order valence-electron chi connectivity index (χ1n) is 3.73. The van der Waals surface area contributed by atoms with E-state index in [1.165, 1.54) is 7.11 Å². The van der Waals surface area contributed by atoms with E-state index in [2.05, 4.69) is 9.47 Å². The van der Waals surface area contributed by atoms with Crippen LogP contribution in [0.25, 0.3) is 0 Å². The van der Waals surface area contributed by atoms with E-state index >= 15 is 0 Å². The van der Waals surface area contributed by atoms with Gasteiger partial charge in [-0.15, -0.1) is 0 Å². The summed E-state index contributed by atoms with van der Waals surface area (Å²) in [6.45, 7) is 1.96. The largest absolute Gasteiger partial charge is 0.508 e. The number of ether oxygens (including phenoxy) is 4. The monoisotopic (exact) mass is 176 g/mol. The molecule has 0 saturated carbocycles. The summed E-state index contributed by atoms with van der Waals surface area (Å²) in [7, 11) is 1.27. The van der Waals surface area contributed by atoms with E-state index in [0.29, 0.717) is 13.2 Å². The van der Waals surface area contributed by atoms with Crippen LogP contribution in [0.1, 0.15) is 0 Å². The Morgan fingerprint density at radius 3 is 2.92 bits per heavy atom. The average molecular weight is 176 g/mol. The molecule has 1 aliphatic rings. The van der Waals surface area contributed by atoms with Crippen LogP contribution in [0.2, 0.25) is 0 Å². The van der Waals surface area contributed by atoms with Crippen LogP contribution in [-0.4, -0.2) is 45.8 Å². The lowest BCUT2D eigenvalue weighted by molar-refractivity contribution is 0.0342. The third-order valence-electron chi connectivity index (χ3n) is 1.32. The van der Waals surface area contributed by atoms with Gasteiger partial charge in [-0.05, 0) is 0 Å². The Labute approximate surface area is 70.5 Å². The second kappa shape index (κ2) is 4.95. The quantitative estimate of drug-likeness (QED) is 0.340. The molecule has 0 bridgehead atoms. The predicted molar refractivity (Wildman–Crippen MR) is 38.9 cm³/mol. The summed E-state index contributed by atoms with van der Waals surface area (Å²) in [4.78, 5) is 10.4. The van der Waals surface area contributed by atoms with Crippen molar-refractivity contribution >= 4 is 6.16 Å². The molecule has 70 valence electrons. The van der Waals surface area contributed by atoms with Gasteiger partial charge >= 0.3 is 6.16 Å². The summed E-state index contributed by atoms with van der Waals surface area (Å²) in [6.07, 6.45) is -0.426. The van der Waals surface area contributed by atoms with Gasteiger partial charge in [0.25, 0.3) is 0 Å². The minimum Gasteiger partial charge on any atom is -0.438 e. The molecule has 1 heterocycles. The van der Waals surface area contributed by atoms with Crippen LogP contribution in [0.15, 0.2) is 0 Å². The van der Waals surface area contributed by atoms with Crippen molar-refractivity contribution < 1.29 is 23.7 Å². The van der Waals surface area contributed by atoms with E-state index in [9.17, 15) is 4.79 Å². The Hall–Kier alpha value is -0.810. The van der Waals surface area contributed by atoms with Crippen LogP contribution in [-0.2, 0) is 18.9 Å².